The molecule has 0 saturated carbocycles. The number of unbranched alkanes of at least 4 members (excludes halogenated alkanes) is 8. The number of allylic oxidation sites excluding steroid dienone is 1. The summed E-state index contributed by atoms with van der Waals surface area (Å²) in [7, 11) is 0. The standard InChI is InChI=1S/C17H30O3/c1-2-3-4-5-6-7-8-10-13-16(18)14-11-9-12-15-17(19)20/h12,15H,2-11,13-14H2,1H3,(H,19,20). The van der Waals surface area contributed by atoms with Gasteiger partial charge in [-0.3, -0.25) is 4.79 Å². The van der Waals surface area contributed by atoms with Crippen molar-refractivity contribution in [1.82, 2.24) is 0 Å². The smallest absolute Gasteiger partial charge is 0.327 e. The molecule has 0 aromatic rings. The molecule has 0 radical (unpaired) electrons. The normalized spacial score (nSPS) is 11.1. The lowest BCUT2D eigenvalue weighted by molar-refractivity contribution is -0.131. The van der Waals surface area contributed by atoms with Gasteiger partial charge in [0.2, 0.25) is 0 Å². The van der Waals surface area contributed by atoms with Crippen molar-refractivity contribution in [3.05, 3.63) is 12.2 Å². The van der Waals surface area contributed by atoms with Crippen LogP contribution in [0.2, 0.25) is 0 Å². The topological polar surface area (TPSA) is 54.4 Å². The highest BCUT2D eigenvalue weighted by Gasteiger charge is 2.01. The molecule has 0 heterocycles. The highest BCUT2D eigenvalue weighted by Crippen LogP contribution is 2.11. The number of carbonyl (C=O) groups excluding carboxylic acids is 1. The van der Waals surface area contributed by atoms with Crippen LogP contribution in [0, 0.1) is 0 Å². The van der Waals surface area contributed by atoms with Gasteiger partial charge in [0, 0.05) is 18.9 Å². The molecule has 3 nitrogen and oxygen atoms in total. The Labute approximate surface area is 123 Å². The van der Waals surface area contributed by atoms with Gasteiger partial charge in [-0.25, -0.2) is 4.79 Å². The molecule has 3 heteroatoms. The molecule has 0 amide bonds. The minimum absolute atomic E-state index is 0.319. The summed E-state index contributed by atoms with van der Waals surface area (Å²) < 4.78 is 0. The maximum Gasteiger partial charge on any atom is 0.327 e. The van der Waals surface area contributed by atoms with Crippen molar-refractivity contribution < 1.29 is 14.7 Å². The van der Waals surface area contributed by atoms with Gasteiger partial charge in [0.15, 0.2) is 0 Å². The first-order valence-corrected chi connectivity index (χ1v) is 8.08. The average Bonchev–Trinajstić information content (AvgIpc) is 2.41. The zero-order valence-electron chi connectivity index (χ0n) is 12.9. The molecule has 0 bridgehead atoms. The third kappa shape index (κ3) is 14.9. The van der Waals surface area contributed by atoms with Crippen LogP contribution >= 0.6 is 0 Å². The fourth-order valence-corrected chi connectivity index (χ4v) is 2.18. The lowest BCUT2D eigenvalue weighted by atomic mass is 10.0. The summed E-state index contributed by atoms with van der Waals surface area (Å²) in [6.45, 7) is 2.23. The minimum Gasteiger partial charge on any atom is -0.478 e. The SMILES string of the molecule is CCCCCCCCCCC(=O)CCCC=CC(=O)O. The number of carbonyl (C=O) groups is 2. The molecule has 1 N–H and O–H groups in total. The summed E-state index contributed by atoms with van der Waals surface area (Å²) in [5, 5.41) is 8.40. The Morgan fingerprint density at radius 2 is 1.40 bits per heavy atom. The predicted molar refractivity (Wildman–Crippen MR) is 82.9 cm³/mol. The third-order valence-corrected chi connectivity index (χ3v) is 3.40. The monoisotopic (exact) mass is 282 g/mol. The Bertz CT molecular complexity index is 282. The van der Waals surface area contributed by atoms with E-state index < -0.39 is 5.97 Å². The van der Waals surface area contributed by atoms with Crippen molar-refractivity contribution in [2.75, 3.05) is 0 Å². The molecule has 0 fully saturated rings. The van der Waals surface area contributed by atoms with Gasteiger partial charge in [-0.15, -0.1) is 0 Å². The second kappa shape index (κ2) is 14.3. The molecule has 0 aliphatic carbocycles. The summed E-state index contributed by atoms with van der Waals surface area (Å²) in [4.78, 5) is 21.8. The van der Waals surface area contributed by atoms with Crippen LogP contribution in [-0.4, -0.2) is 16.9 Å². The maximum absolute atomic E-state index is 11.6. The van der Waals surface area contributed by atoms with Crippen molar-refractivity contribution in [3.8, 4) is 0 Å². The van der Waals surface area contributed by atoms with Gasteiger partial charge >= 0.3 is 5.97 Å². The molecule has 0 aromatic heterocycles. The Morgan fingerprint density at radius 3 is 2.00 bits per heavy atom. The Kier molecular flexibility index (Phi) is 13.5. The minimum atomic E-state index is -0.921. The molecule has 116 valence electrons. The lowest BCUT2D eigenvalue weighted by Crippen LogP contribution is -1.97. The van der Waals surface area contributed by atoms with Crippen LogP contribution in [0.3, 0.4) is 0 Å². The van der Waals surface area contributed by atoms with Gasteiger partial charge in [-0.05, 0) is 19.3 Å². The number of carboxylic acid groups (broad SMARTS) is 1. The Balaban J connectivity index is 3.26. The van der Waals surface area contributed by atoms with Crippen molar-refractivity contribution >= 4 is 11.8 Å². The predicted octanol–water partition coefficient (Wildman–Crippen LogP) is 4.90. The van der Waals surface area contributed by atoms with Gasteiger partial charge in [-0.2, -0.15) is 0 Å². The van der Waals surface area contributed by atoms with Crippen LogP contribution in [0.15, 0.2) is 12.2 Å². The first-order valence-electron chi connectivity index (χ1n) is 8.08. The van der Waals surface area contributed by atoms with Crippen LogP contribution in [0.4, 0.5) is 0 Å². The Morgan fingerprint density at radius 1 is 0.850 bits per heavy atom. The van der Waals surface area contributed by atoms with Gasteiger partial charge < -0.3 is 5.11 Å². The molecule has 0 saturated heterocycles. The van der Waals surface area contributed by atoms with Gasteiger partial charge in [-0.1, -0.05) is 57.9 Å². The molecule has 20 heavy (non-hydrogen) atoms. The lowest BCUT2D eigenvalue weighted by Gasteiger charge is -2.01. The van der Waals surface area contributed by atoms with E-state index in [4.69, 9.17) is 5.11 Å². The zero-order valence-corrected chi connectivity index (χ0v) is 12.9. The molecular formula is C17H30O3. The molecule has 0 unspecified atom stereocenters. The number of hydrogen-bond acceptors (Lipinski definition) is 2. The molecule has 0 aromatic carbocycles. The summed E-state index contributed by atoms with van der Waals surface area (Å²) in [6.07, 6.45) is 15.5. The molecule has 0 aliphatic rings. The van der Waals surface area contributed by atoms with Crippen LogP contribution in [0.5, 0.6) is 0 Å². The first kappa shape index (κ1) is 18.9. The van der Waals surface area contributed by atoms with E-state index in [1.807, 2.05) is 0 Å². The number of Topliss-reactive ketones (excluding diaryl/α,β-unsaturated/α-hetero) is 1. The zero-order chi connectivity index (χ0) is 15.1. The molecule has 0 rings (SSSR count). The molecule has 0 spiro atoms. The number of aliphatic carboxylic acids is 1. The van der Waals surface area contributed by atoms with E-state index >= 15 is 0 Å². The van der Waals surface area contributed by atoms with Crippen molar-refractivity contribution in [3.63, 3.8) is 0 Å². The summed E-state index contributed by atoms with van der Waals surface area (Å²) in [5.41, 5.74) is 0. The van der Waals surface area contributed by atoms with Crippen molar-refractivity contribution in [2.24, 2.45) is 0 Å². The van der Waals surface area contributed by atoms with Crippen LogP contribution in [0.25, 0.3) is 0 Å². The van der Waals surface area contributed by atoms with Crippen molar-refractivity contribution in [1.29, 1.82) is 0 Å². The maximum atomic E-state index is 11.6. The fraction of sp³-hybridized carbons (Fsp3) is 0.765. The largest absolute Gasteiger partial charge is 0.478 e. The van der Waals surface area contributed by atoms with E-state index in [1.54, 1.807) is 6.08 Å². The Hall–Kier alpha value is -1.12. The van der Waals surface area contributed by atoms with Gasteiger partial charge in [0.25, 0.3) is 0 Å². The van der Waals surface area contributed by atoms with Crippen LogP contribution in [-0.2, 0) is 9.59 Å². The van der Waals surface area contributed by atoms with Gasteiger partial charge in [0.1, 0.15) is 5.78 Å². The molecule has 0 aliphatic heterocycles. The van der Waals surface area contributed by atoms with E-state index in [9.17, 15) is 9.59 Å². The van der Waals surface area contributed by atoms with Crippen LogP contribution < -0.4 is 0 Å². The van der Waals surface area contributed by atoms with Gasteiger partial charge in [0.05, 0.1) is 0 Å². The van der Waals surface area contributed by atoms with Crippen molar-refractivity contribution in [2.45, 2.75) is 84.0 Å². The molecule has 0 atom stereocenters. The van der Waals surface area contributed by atoms with E-state index in [0.717, 1.165) is 25.3 Å². The van der Waals surface area contributed by atoms with E-state index in [-0.39, 0.29) is 0 Å². The number of carboxylic acids is 1. The second-order valence-electron chi connectivity index (χ2n) is 5.40. The van der Waals surface area contributed by atoms with E-state index in [0.29, 0.717) is 25.0 Å². The summed E-state index contributed by atoms with van der Waals surface area (Å²) in [6, 6.07) is 0. The quantitative estimate of drug-likeness (QED) is 0.364. The molecular weight excluding hydrogens is 252 g/mol. The second-order valence-corrected chi connectivity index (χ2v) is 5.40. The average molecular weight is 282 g/mol. The number of rotatable bonds is 14. The van der Waals surface area contributed by atoms with Crippen LogP contribution in [0.1, 0.15) is 84.0 Å². The number of ketones is 1. The highest BCUT2D eigenvalue weighted by molar-refractivity contribution is 5.79. The summed E-state index contributed by atoms with van der Waals surface area (Å²) in [5.74, 6) is -0.602. The fourth-order valence-electron chi connectivity index (χ4n) is 2.18. The summed E-state index contributed by atoms with van der Waals surface area (Å²) >= 11 is 0. The highest BCUT2D eigenvalue weighted by atomic mass is 16.4. The number of hydrogen-bond donors (Lipinski definition) is 1. The van der Waals surface area contributed by atoms with E-state index in [1.165, 1.54) is 38.5 Å². The third-order valence-electron chi connectivity index (χ3n) is 3.40. The first-order chi connectivity index (χ1) is 9.66. The van der Waals surface area contributed by atoms with E-state index in [2.05, 4.69) is 6.92 Å².